The summed E-state index contributed by atoms with van der Waals surface area (Å²) in [4.78, 5) is 11.4. The fourth-order valence-electron chi connectivity index (χ4n) is 1.65. The Labute approximate surface area is 103 Å². The third-order valence-electron chi connectivity index (χ3n) is 2.47. The molecule has 0 bridgehead atoms. The van der Waals surface area contributed by atoms with Crippen molar-refractivity contribution in [2.45, 2.75) is 13.3 Å². The molecule has 0 saturated heterocycles. The monoisotopic (exact) mass is 260 g/mol. The Morgan fingerprint density at radius 2 is 2.17 bits per heavy atom. The second kappa shape index (κ2) is 6.25. The van der Waals surface area contributed by atoms with Crippen LogP contribution in [0.1, 0.15) is 5.56 Å². The number of nitro groups is 1. The van der Waals surface area contributed by atoms with Crippen LogP contribution in [0.4, 0.5) is 20.2 Å². The number of hydrogen-bond acceptors (Lipinski definition) is 4. The third-order valence-corrected chi connectivity index (χ3v) is 2.47. The maximum Gasteiger partial charge on any atom is 0.272 e. The molecule has 0 unspecified atom stereocenters. The number of rotatable bonds is 6. The lowest BCUT2D eigenvalue weighted by atomic mass is 10.1. The van der Waals surface area contributed by atoms with E-state index in [1.54, 1.807) is 6.92 Å². The van der Waals surface area contributed by atoms with Gasteiger partial charge in [0.2, 0.25) is 0 Å². The van der Waals surface area contributed by atoms with Gasteiger partial charge in [-0.25, -0.2) is 8.78 Å². The minimum Gasteiger partial charge on any atom is -0.395 e. The lowest BCUT2D eigenvalue weighted by Crippen LogP contribution is -2.31. The number of aliphatic hydroxyl groups excluding tert-OH is 1. The van der Waals surface area contributed by atoms with Crippen molar-refractivity contribution in [2.24, 2.45) is 0 Å². The van der Waals surface area contributed by atoms with Crippen LogP contribution < -0.4 is 4.90 Å². The first-order valence-electron chi connectivity index (χ1n) is 5.34. The van der Waals surface area contributed by atoms with Crippen LogP contribution in [-0.4, -0.2) is 36.2 Å². The van der Waals surface area contributed by atoms with E-state index in [1.807, 2.05) is 0 Å². The van der Waals surface area contributed by atoms with Gasteiger partial charge < -0.3 is 10.0 Å². The van der Waals surface area contributed by atoms with Crippen LogP contribution in [0, 0.1) is 17.0 Å². The molecule has 1 N–H and O–H groups in total. The first-order chi connectivity index (χ1) is 8.45. The van der Waals surface area contributed by atoms with Crippen molar-refractivity contribution in [3.8, 4) is 0 Å². The highest BCUT2D eigenvalue weighted by molar-refractivity contribution is 5.55. The van der Waals surface area contributed by atoms with Crippen molar-refractivity contribution in [1.82, 2.24) is 0 Å². The zero-order valence-corrected chi connectivity index (χ0v) is 9.84. The molecule has 0 radical (unpaired) electrons. The maximum atomic E-state index is 12.4. The molecule has 0 aromatic heterocycles. The molecule has 0 spiro atoms. The van der Waals surface area contributed by atoms with Gasteiger partial charge in [-0.2, -0.15) is 0 Å². The van der Waals surface area contributed by atoms with E-state index in [0.29, 0.717) is 11.3 Å². The van der Waals surface area contributed by atoms with Crippen molar-refractivity contribution in [3.63, 3.8) is 0 Å². The molecule has 1 aromatic rings. The molecule has 7 heteroatoms. The van der Waals surface area contributed by atoms with Crippen LogP contribution >= 0.6 is 0 Å². The molecule has 1 aromatic carbocycles. The molecule has 18 heavy (non-hydrogen) atoms. The Kier molecular flexibility index (Phi) is 4.96. The average Bonchev–Trinajstić information content (AvgIpc) is 2.27. The summed E-state index contributed by atoms with van der Waals surface area (Å²) in [6.45, 7) is 0.823. The second-order valence-electron chi connectivity index (χ2n) is 3.79. The van der Waals surface area contributed by atoms with E-state index < -0.39 is 17.9 Å². The number of aliphatic hydroxyl groups is 1. The van der Waals surface area contributed by atoms with Crippen LogP contribution in [0.5, 0.6) is 0 Å². The number of hydrogen-bond donors (Lipinski definition) is 1. The molecular weight excluding hydrogens is 246 g/mol. The summed E-state index contributed by atoms with van der Waals surface area (Å²) < 4.78 is 24.7. The van der Waals surface area contributed by atoms with E-state index in [0.717, 1.165) is 0 Å². The second-order valence-corrected chi connectivity index (χ2v) is 3.79. The molecule has 0 atom stereocenters. The molecule has 0 aliphatic heterocycles. The fraction of sp³-hybridized carbons (Fsp3) is 0.455. The third kappa shape index (κ3) is 3.63. The van der Waals surface area contributed by atoms with E-state index in [9.17, 15) is 18.9 Å². The van der Waals surface area contributed by atoms with Crippen molar-refractivity contribution in [2.75, 3.05) is 24.6 Å². The highest BCUT2D eigenvalue weighted by atomic mass is 19.3. The Morgan fingerprint density at radius 1 is 1.50 bits per heavy atom. The minimum atomic E-state index is -2.54. The Balaban J connectivity index is 2.98. The number of alkyl halides is 2. The molecule has 0 amide bonds. The normalized spacial score (nSPS) is 10.7. The SMILES string of the molecule is Cc1cc(N(CCO)CC(F)F)ccc1[N+](=O)[O-]. The first-order valence-corrected chi connectivity index (χ1v) is 5.34. The van der Waals surface area contributed by atoms with Crippen LogP contribution in [0.3, 0.4) is 0 Å². The summed E-state index contributed by atoms with van der Waals surface area (Å²) in [6.07, 6.45) is -2.54. The molecule has 5 nitrogen and oxygen atoms in total. The Hall–Kier alpha value is -1.76. The van der Waals surface area contributed by atoms with Gasteiger partial charge >= 0.3 is 0 Å². The van der Waals surface area contributed by atoms with Gasteiger partial charge in [0.1, 0.15) is 0 Å². The first kappa shape index (κ1) is 14.3. The van der Waals surface area contributed by atoms with Crippen LogP contribution in [-0.2, 0) is 0 Å². The van der Waals surface area contributed by atoms with Gasteiger partial charge in [-0.05, 0) is 19.1 Å². The summed E-state index contributed by atoms with van der Waals surface area (Å²) in [5.74, 6) is 0. The van der Waals surface area contributed by atoms with E-state index in [2.05, 4.69) is 0 Å². The van der Waals surface area contributed by atoms with Crippen molar-refractivity contribution < 1.29 is 18.8 Å². The predicted molar refractivity (Wildman–Crippen MR) is 63.1 cm³/mol. The predicted octanol–water partition coefficient (Wildman–Crippen LogP) is 1.97. The molecule has 0 saturated carbocycles. The lowest BCUT2D eigenvalue weighted by molar-refractivity contribution is -0.385. The Morgan fingerprint density at radius 3 is 2.61 bits per heavy atom. The van der Waals surface area contributed by atoms with Crippen LogP contribution in [0.25, 0.3) is 0 Å². The maximum absolute atomic E-state index is 12.4. The van der Waals surface area contributed by atoms with Crippen molar-refractivity contribution in [3.05, 3.63) is 33.9 Å². The number of halogens is 2. The minimum absolute atomic E-state index is 0.0558. The van der Waals surface area contributed by atoms with Crippen molar-refractivity contribution in [1.29, 1.82) is 0 Å². The largest absolute Gasteiger partial charge is 0.395 e. The van der Waals surface area contributed by atoms with Gasteiger partial charge in [0.05, 0.1) is 18.1 Å². The average molecular weight is 260 g/mol. The molecule has 100 valence electrons. The molecule has 1 rings (SSSR count). The molecular formula is C11H14F2N2O3. The van der Waals surface area contributed by atoms with Gasteiger partial charge in [0, 0.05) is 23.9 Å². The van der Waals surface area contributed by atoms with Gasteiger partial charge in [0.25, 0.3) is 12.1 Å². The summed E-state index contributed by atoms with van der Waals surface area (Å²) >= 11 is 0. The van der Waals surface area contributed by atoms with Gasteiger partial charge in [-0.15, -0.1) is 0 Å². The quantitative estimate of drug-likeness (QED) is 0.627. The van der Waals surface area contributed by atoms with E-state index in [1.165, 1.54) is 23.1 Å². The Bertz CT molecular complexity index is 427. The van der Waals surface area contributed by atoms with E-state index in [4.69, 9.17) is 5.11 Å². The number of anilines is 1. The standard InChI is InChI=1S/C11H14F2N2O3/c1-8-6-9(2-3-10(8)15(17)18)14(4-5-16)7-11(12)13/h2-3,6,11,16H,4-5,7H2,1H3. The fourth-order valence-corrected chi connectivity index (χ4v) is 1.65. The zero-order valence-electron chi connectivity index (χ0n) is 9.84. The topological polar surface area (TPSA) is 66.6 Å². The van der Waals surface area contributed by atoms with Crippen molar-refractivity contribution >= 4 is 11.4 Å². The van der Waals surface area contributed by atoms with Gasteiger partial charge in [-0.3, -0.25) is 10.1 Å². The summed E-state index contributed by atoms with van der Waals surface area (Å²) in [7, 11) is 0. The van der Waals surface area contributed by atoms with Gasteiger partial charge in [-0.1, -0.05) is 0 Å². The highest BCUT2D eigenvalue weighted by Crippen LogP contribution is 2.24. The lowest BCUT2D eigenvalue weighted by Gasteiger charge is -2.23. The smallest absolute Gasteiger partial charge is 0.272 e. The van der Waals surface area contributed by atoms with Crippen LogP contribution in [0.15, 0.2) is 18.2 Å². The highest BCUT2D eigenvalue weighted by Gasteiger charge is 2.16. The molecule has 0 fully saturated rings. The summed E-state index contributed by atoms with van der Waals surface area (Å²) in [5, 5.41) is 19.5. The number of benzene rings is 1. The summed E-state index contributed by atoms with van der Waals surface area (Å²) in [5.41, 5.74) is 0.780. The van der Waals surface area contributed by atoms with E-state index >= 15 is 0 Å². The number of nitrogens with zero attached hydrogens (tertiary/aromatic N) is 2. The van der Waals surface area contributed by atoms with E-state index in [-0.39, 0.29) is 18.8 Å². The number of aryl methyl sites for hydroxylation is 1. The van der Waals surface area contributed by atoms with Gasteiger partial charge in [0.15, 0.2) is 0 Å². The zero-order chi connectivity index (χ0) is 13.7. The van der Waals surface area contributed by atoms with Crippen LogP contribution in [0.2, 0.25) is 0 Å². The molecule has 0 aliphatic rings. The summed E-state index contributed by atoms with van der Waals surface area (Å²) in [6, 6.07) is 4.15. The molecule has 0 heterocycles. The number of nitro benzene ring substituents is 1. The molecule has 0 aliphatic carbocycles.